The molecule has 27 heavy (non-hydrogen) atoms. The standard InChI is InChI=1S/C22H29O4P/c1-7-22(4,27-21-15(2)10-8-11-17(21)16(3)23)18-12-9-13-19(25-6)20(18)26-14-24-5/h8-13,27H,7,14H2,1-6H3. The van der Waals surface area contributed by atoms with Crippen LogP contribution in [0.15, 0.2) is 36.4 Å². The zero-order valence-corrected chi connectivity index (χ0v) is 18.0. The van der Waals surface area contributed by atoms with Crippen LogP contribution in [0.3, 0.4) is 0 Å². The Balaban J connectivity index is 2.57. The SMILES string of the molecule is CCC(C)(Pc1c(C)cccc1C(C)=O)c1cccc(OC)c1OCOC. The minimum absolute atomic E-state index is 0.0983. The summed E-state index contributed by atoms with van der Waals surface area (Å²) in [5.74, 6) is 1.49. The predicted molar refractivity (Wildman–Crippen MR) is 112 cm³/mol. The molecule has 2 rings (SSSR count). The minimum atomic E-state index is -0.200. The van der Waals surface area contributed by atoms with Crippen molar-refractivity contribution in [2.75, 3.05) is 21.0 Å². The smallest absolute Gasteiger partial charge is 0.188 e. The fourth-order valence-corrected chi connectivity index (χ4v) is 4.86. The fraction of sp³-hybridized carbons (Fsp3) is 0.409. The van der Waals surface area contributed by atoms with Gasteiger partial charge in [0.05, 0.1) is 7.11 Å². The largest absolute Gasteiger partial charge is 0.493 e. The Morgan fingerprint density at radius 3 is 2.44 bits per heavy atom. The Kier molecular flexibility index (Phi) is 7.41. The van der Waals surface area contributed by atoms with E-state index in [4.69, 9.17) is 14.2 Å². The van der Waals surface area contributed by atoms with Crippen LogP contribution in [0.25, 0.3) is 0 Å². The number of rotatable bonds is 9. The van der Waals surface area contributed by atoms with Gasteiger partial charge in [-0.2, -0.15) is 0 Å². The number of methoxy groups -OCH3 is 2. The summed E-state index contributed by atoms with van der Waals surface area (Å²) in [5.41, 5.74) is 3.01. The highest BCUT2D eigenvalue weighted by Gasteiger charge is 2.32. The molecule has 0 spiro atoms. The van der Waals surface area contributed by atoms with Crippen molar-refractivity contribution in [2.24, 2.45) is 0 Å². The quantitative estimate of drug-likeness (QED) is 0.351. The summed E-state index contributed by atoms with van der Waals surface area (Å²) in [6.45, 7) is 8.23. The highest BCUT2D eigenvalue weighted by Crippen LogP contribution is 2.50. The van der Waals surface area contributed by atoms with E-state index in [9.17, 15) is 4.79 Å². The van der Waals surface area contributed by atoms with E-state index >= 15 is 0 Å². The molecule has 0 N–H and O–H groups in total. The van der Waals surface area contributed by atoms with Crippen molar-refractivity contribution in [3.05, 3.63) is 53.1 Å². The molecular formula is C22H29O4P. The molecular weight excluding hydrogens is 359 g/mol. The number of Topliss-reactive ketones (excluding diaryl/α,β-unsaturated/α-hetero) is 1. The van der Waals surface area contributed by atoms with Crippen LogP contribution in [0.4, 0.5) is 0 Å². The molecule has 2 atom stereocenters. The Hall–Kier alpha value is -1.90. The third-order valence-corrected chi connectivity index (χ3v) is 6.96. The second-order valence-electron chi connectivity index (χ2n) is 6.75. The van der Waals surface area contributed by atoms with E-state index in [0.717, 1.165) is 28.4 Å². The van der Waals surface area contributed by atoms with Crippen molar-refractivity contribution in [3.8, 4) is 11.5 Å². The van der Waals surface area contributed by atoms with Crippen LogP contribution in [-0.2, 0) is 9.89 Å². The maximum atomic E-state index is 12.2. The normalized spacial score (nSPS) is 13.6. The van der Waals surface area contributed by atoms with E-state index in [1.807, 2.05) is 24.3 Å². The summed E-state index contributed by atoms with van der Waals surface area (Å²) in [4.78, 5) is 12.2. The van der Waals surface area contributed by atoms with Crippen molar-refractivity contribution < 1.29 is 19.0 Å². The second kappa shape index (κ2) is 9.34. The first-order valence-electron chi connectivity index (χ1n) is 9.05. The molecule has 0 saturated heterocycles. The van der Waals surface area contributed by atoms with Gasteiger partial charge < -0.3 is 14.2 Å². The number of aryl methyl sites for hydroxylation is 1. The summed E-state index contributed by atoms with van der Waals surface area (Å²) >= 11 is 0. The fourth-order valence-electron chi connectivity index (χ4n) is 3.13. The lowest BCUT2D eigenvalue weighted by Crippen LogP contribution is -2.23. The third-order valence-electron chi connectivity index (χ3n) is 4.87. The van der Waals surface area contributed by atoms with Crippen LogP contribution in [-0.4, -0.2) is 26.8 Å². The molecule has 5 heteroatoms. The molecule has 146 valence electrons. The van der Waals surface area contributed by atoms with Crippen molar-refractivity contribution in [3.63, 3.8) is 0 Å². The van der Waals surface area contributed by atoms with E-state index in [-0.39, 0.29) is 17.7 Å². The van der Waals surface area contributed by atoms with Gasteiger partial charge in [-0.15, -0.1) is 0 Å². The monoisotopic (exact) mass is 388 g/mol. The number of para-hydroxylation sites is 1. The van der Waals surface area contributed by atoms with Crippen LogP contribution in [0.2, 0.25) is 0 Å². The maximum Gasteiger partial charge on any atom is 0.188 e. The Bertz CT molecular complexity index is 803. The van der Waals surface area contributed by atoms with Gasteiger partial charge in [0.25, 0.3) is 0 Å². The first-order chi connectivity index (χ1) is 12.9. The third kappa shape index (κ3) is 4.69. The van der Waals surface area contributed by atoms with Gasteiger partial charge in [0.1, 0.15) is 0 Å². The van der Waals surface area contributed by atoms with Gasteiger partial charge in [-0.25, -0.2) is 0 Å². The van der Waals surface area contributed by atoms with Crippen LogP contribution in [0, 0.1) is 6.92 Å². The number of ketones is 1. The molecule has 0 aliphatic carbocycles. The molecule has 4 nitrogen and oxygen atoms in total. The molecule has 0 radical (unpaired) electrons. The molecule has 2 aromatic carbocycles. The predicted octanol–water partition coefficient (Wildman–Crippen LogP) is 4.82. The molecule has 0 heterocycles. The van der Waals surface area contributed by atoms with Gasteiger partial charge in [-0.3, -0.25) is 4.79 Å². The minimum Gasteiger partial charge on any atom is -0.493 e. The van der Waals surface area contributed by atoms with Crippen molar-refractivity contribution in [2.45, 2.75) is 39.3 Å². The maximum absolute atomic E-state index is 12.2. The van der Waals surface area contributed by atoms with Gasteiger partial charge in [0, 0.05) is 23.4 Å². The first kappa shape index (κ1) is 21.4. The summed E-state index contributed by atoms with van der Waals surface area (Å²) in [6.07, 6.45) is 0.896. The Morgan fingerprint density at radius 2 is 1.85 bits per heavy atom. The topological polar surface area (TPSA) is 44.8 Å². The molecule has 0 fully saturated rings. The van der Waals surface area contributed by atoms with Gasteiger partial charge in [-0.1, -0.05) is 52.8 Å². The Morgan fingerprint density at radius 1 is 1.15 bits per heavy atom. The van der Waals surface area contributed by atoms with Crippen molar-refractivity contribution >= 4 is 19.7 Å². The highest BCUT2D eigenvalue weighted by atomic mass is 31.1. The van der Waals surface area contributed by atoms with Gasteiger partial charge in [0.15, 0.2) is 24.1 Å². The number of carbonyl (C=O) groups excluding carboxylic acids is 1. The van der Waals surface area contributed by atoms with E-state index < -0.39 is 0 Å². The number of hydrogen-bond donors (Lipinski definition) is 0. The average Bonchev–Trinajstić information content (AvgIpc) is 2.67. The lowest BCUT2D eigenvalue weighted by molar-refractivity contribution is 0.0480. The summed E-state index contributed by atoms with van der Waals surface area (Å²) < 4.78 is 16.5. The number of carbonyl (C=O) groups is 1. The average molecular weight is 388 g/mol. The lowest BCUT2D eigenvalue weighted by Gasteiger charge is -2.32. The van der Waals surface area contributed by atoms with E-state index in [1.165, 1.54) is 0 Å². The molecule has 0 aromatic heterocycles. The summed E-state index contributed by atoms with van der Waals surface area (Å²) in [5, 5.41) is 0.920. The summed E-state index contributed by atoms with van der Waals surface area (Å²) in [7, 11) is 3.66. The zero-order chi connectivity index (χ0) is 20.0. The van der Waals surface area contributed by atoms with Crippen molar-refractivity contribution in [1.29, 1.82) is 0 Å². The van der Waals surface area contributed by atoms with E-state index in [1.54, 1.807) is 21.1 Å². The van der Waals surface area contributed by atoms with Crippen molar-refractivity contribution in [1.82, 2.24) is 0 Å². The van der Waals surface area contributed by atoms with Crippen LogP contribution in [0.1, 0.15) is 48.7 Å². The molecule has 0 bridgehead atoms. The zero-order valence-electron chi connectivity index (χ0n) is 17.0. The lowest BCUT2D eigenvalue weighted by atomic mass is 9.96. The molecule has 0 aliphatic rings. The molecule has 0 saturated carbocycles. The first-order valence-corrected chi connectivity index (χ1v) is 10.1. The van der Waals surface area contributed by atoms with E-state index in [0.29, 0.717) is 20.1 Å². The van der Waals surface area contributed by atoms with Crippen LogP contribution in [0.5, 0.6) is 11.5 Å². The molecule has 0 aliphatic heterocycles. The number of benzene rings is 2. The highest BCUT2D eigenvalue weighted by molar-refractivity contribution is 7.49. The summed E-state index contributed by atoms with van der Waals surface area (Å²) in [6, 6.07) is 11.9. The van der Waals surface area contributed by atoms with Crippen LogP contribution >= 0.6 is 8.58 Å². The number of hydrogen-bond acceptors (Lipinski definition) is 4. The number of ether oxygens (including phenoxy) is 3. The molecule has 2 aromatic rings. The molecule has 0 amide bonds. The molecule has 2 unspecified atom stereocenters. The van der Waals surface area contributed by atoms with Gasteiger partial charge in [0.2, 0.25) is 0 Å². The van der Waals surface area contributed by atoms with E-state index in [2.05, 4.69) is 32.9 Å². The Labute approximate surface area is 164 Å². The van der Waals surface area contributed by atoms with Crippen LogP contribution < -0.4 is 14.8 Å². The van der Waals surface area contributed by atoms with Gasteiger partial charge >= 0.3 is 0 Å². The van der Waals surface area contributed by atoms with Gasteiger partial charge in [-0.05, 0) is 37.2 Å². The second-order valence-corrected chi connectivity index (χ2v) is 8.61.